The molecule has 0 aliphatic rings. The maximum Gasteiger partial charge on any atom is 0.271 e. The molecule has 126 valence electrons. The van der Waals surface area contributed by atoms with Crippen molar-refractivity contribution in [1.82, 2.24) is 5.43 Å². The number of nitrogens with zero attached hydrogens (tertiary/aromatic N) is 1. The molecule has 3 rings (SSSR count). The van der Waals surface area contributed by atoms with Gasteiger partial charge in [0.25, 0.3) is 5.91 Å². The lowest BCUT2D eigenvalue weighted by atomic mass is 10.2. The lowest BCUT2D eigenvalue weighted by Crippen LogP contribution is -2.18. The molecule has 0 aliphatic carbocycles. The Kier molecular flexibility index (Phi) is 4.56. The molecule has 25 heavy (non-hydrogen) atoms. The van der Waals surface area contributed by atoms with Crippen molar-refractivity contribution in [2.24, 2.45) is 5.10 Å². The van der Waals surface area contributed by atoms with Crippen molar-refractivity contribution in [3.63, 3.8) is 0 Å². The summed E-state index contributed by atoms with van der Waals surface area (Å²) in [7, 11) is 1.50. The largest absolute Gasteiger partial charge is 0.497 e. The Morgan fingerprint density at radius 1 is 1.28 bits per heavy atom. The smallest absolute Gasteiger partial charge is 0.271 e. The highest BCUT2D eigenvalue weighted by Gasteiger charge is 2.08. The summed E-state index contributed by atoms with van der Waals surface area (Å²) in [4.78, 5) is 24.3. The highest BCUT2D eigenvalue weighted by Crippen LogP contribution is 2.18. The molecule has 0 spiro atoms. The maximum atomic E-state index is 13.1. The molecule has 2 aromatic carbocycles. The summed E-state index contributed by atoms with van der Waals surface area (Å²) < 4.78 is 23.6. The van der Waals surface area contributed by atoms with Crippen molar-refractivity contribution in [2.45, 2.75) is 0 Å². The minimum absolute atomic E-state index is 0.118. The van der Waals surface area contributed by atoms with E-state index in [1.165, 1.54) is 37.8 Å². The van der Waals surface area contributed by atoms with Gasteiger partial charge < -0.3 is 9.15 Å². The second kappa shape index (κ2) is 6.96. The number of methoxy groups -OCH3 is 1. The van der Waals surface area contributed by atoms with E-state index < -0.39 is 11.7 Å². The molecule has 0 aliphatic heterocycles. The second-order valence-electron chi connectivity index (χ2n) is 5.09. The van der Waals surface area contributed by atoms with E-state index in [4.69, 9.17) is 9.15 Å². The normalized spacial score (nSPS) is 11.0. The molecule has 0 fully saturated rings. The van der Waals surface area contributed by atoms with Crippen molar-refractivity contribution >= 4 is 23.1 Å². The van der Waals surface area contributed by atoms with Gasteiger partial charge in [-0.2, -0.15) is 5.10 Å². The second-order valence-corrected chi connectivity index (χ2v) is 5.09. The molecule has 0 unspecified atom stereocenters. The standard InChI is InChI=1S/C18H13FN2O4/c1-24-14-5-6-16-15(8-14)17(22)12(10-25-16)9-20-21-18(23)11-3-2-4-13(19)7-11/h2-10H,1H3,(H,21,23)/b20-9+. The lowest BCUT2D eigenvalue weighted by molar-refractivity contribution is 0.0954. The van der Waals surface area contributed by atoms with Gasteiger partial charge in [-0.05, 0) is 36.4 Å². The molecule has 0 radical (unpaired) electrons. The third-order valence-corrected chi connectivity index (χ3v) is 3.46. The SMILES string of the molecule is COc1ccc2occ(/C=N/NC(=O)c3cccc(F)c3)c(=O)c2c1. The number of carbonyl (C=O) groups is 1. The van der Waals surface area contributed by atoms with Crippen LogP contribution in [0.3, 0.4) is 0 Å². The fourth-order valence-electron chi connectivity index (χ4n) is 2.20. The van der Waals surface area contributed by atoms with Gasteiger partial charge in [-0.3, -0.25) is 9.59 Å². The summed E-state index contributed by atoms with van der Waals surface area (Å²) >= 11 is 0. The number of fused-ring (bicyclic) bond motifs is 1. The predicted octanol–water partition coefficient (Wildman–Crippen LogP) is 2.70. The monoisotopic (exact) mass is 340 g/mol. The molecular formula is C18H13FN2O4. The van der Waals surface area contributed by atoms with Crippen LogP contribution in [0.15, 0.2) is 63.0 Å². The number of hydrogen-bond donors (Lipinski definition) is 1. The van der Waals surface area contributed by atoms with Crippen LogP contribution in [-0.4, -0.2) is 19.2 Å². The molecule has 0 bridgehead atoms. The van der Waals surface area contributed by atoms with Crippen LogP contribution in [0, 0.1) is 5.82 Å². The van der Waals surface area contributed by atoms with Crippen LogP contribution in [0.4, 0.5) is 4.39 Å². The molecule has 7 heteroatoms. The van der Waals surface area contributed by atoms with E-state index >= 15 is 0 Å². The summed E-state index contributed by atoms with van der Waals surface area (Å²) in [6.07, 6.45) is 2.41. The van der Waals surface area contributed by atoms with Gasteiger partial charge >= 0.3 is 0 Å². The number of benzene rings is 2. The molecule has 1 amide bonds. The van der Waals surface area contributed by atoms with Crippen molar-refractivity contribution < 1.29 is 18.3 Å². The van der Waals surface area contributed by atoms with E-state index in [0.717, 1.165) is 6.07 Å². The number of amides is 1. The Bertz CT molecular complexity index is 1030. The fourth-order valence-corrected chi connectivity index (χ4v) is 2.20. The van der Waals surface area contributed by atoms with Crippen LogP contribution in [0.2, 0.25) is 0 Å². The third-order valence-electron chi connectivity index (χ3n) is 3.46. The van der Waals surface area contributed by atoms with Crippen LogP contribution < -0.4 is 15.6 Å². The van der Waals surface area contributed by atoms with Crippen molar-refractivity contribution in [2.75, 3.05) is 7.11 Å². The summed E-state index contributed by atoms with van der Waals surface area (Å²) in [6.45, 7) is 0. The van der Waals surface area contributed by atoms with Crippen LogP contribution in [0.1, 0.15) is 15.9 Å². The Balaban J connectivity index is 1.82. The van der Waals surface area contributed by atoms with Gasteiger partial charge in [-0.1, -0.05) is 6.07 Å². The molecule has 0 saturated carbocycles. The molecule has 1 heterocycles. The number of nitrogens with one attached hydrogen (secondary N) is 1. The van der Waals surface area contributed by atoms with Gasteiger partial charge in [0.2, 0.25) is 5.43 Å². The first kappa shape index (κ1) is 16.4. The predicted molar refractivity (Wildman–Crippen MR) is 90.5 cm³/mol. The van der Waals surface area contributed by atoms with Crippen LogP contribution in [-0.2, 0) is 0 Å². The van der Waals surface area contributed by atoms with E-state index in [1.54, 1.807) is 18.2 Å². The highest BCUT2D eigenvalue weighted by molar-refractivity contribution is 5.95. The van der Waals surface area contributed by atoms with E-state index in [0.29, 0.717) is 16.7 Å². The van der Waals surface area contributed by atoms with Gasteiger partial charge in [0, 0.05) is 5.56 Å². The zero-order chi connectivity index (χ0) is 17.8. The fraction of sp³-hybridized carbons (Fsp3) is 0.0556. The minimum Gasteiger partial charge on any atom is -0.497 e. The van der Waals surface area contributed by atoms with E-state index in [1.807, 2.05) is 0 Å². The van der Waals surface area contributed by atoms with E-state index in [2.05, 4.69) is 10.5 Å². The molecular weight excluding hydrogens is 327 g/mol. The maximum absolute atomic E-state index is 13.1. The Labute approximate surface area is 141 Å². The lowest BCUT2D eigenvalue weighted by Gasteiger charge is -2.02. The van der Waals surface area contributed by atoms with Gasteiger partial charge in [0.15, 0.2) is 0 Å². The number of hydrogen-bond acceptors (Lipinski definition) is 5. The van der Waals surface area contributed by atoms with Gasteiger partial charge in [-0.25, -0.2) is 9.82 Å². The number of rotatable bonds is 4. The first-order valence-corrected chi connectivity index (χ1v) is 7.27. The Morgan fingerprint density at radius 3 is 2.88 bits per heavy atom. The van der Waals surface area contributed by atoms with Crippen molar-refractivity contribution in [3.05, 3.63) is 75.9 Å². The molecule has 0 saturated heterocycles. The van der Waals surface area contributed by atoms with Gasteiger partial charge in [0.05, 0.1) is 24.3 Å². The summed E-state index contributed by atoms with van der Waals surface area (Å²) in [5.74, 6) is -0.600. The summed E-state index contributed by atoms with van der Waals surface area (Å²) in [5.41, 5.74) is 2.60. The Hall–Kier alpha value is -3.48. The molecule has 6 nitrogen and oxygen atoms in total. The number of carbonyl (C=O) groups excluding carboxylic acids is 1. The number of hydrazone groups is 1. The average Bonchev–Trinajstić information content (AvgIpc) is 2.63. The third kappa shape index (κ3) is 3.55. The molecule has 1 aromatic heterocycles. The van der Waals surface area contributed by atoms with Crippen molar-refractivity contribution in [3.8, 4) is 5.75 Å². The van der Waals surface area contributed by atoms with Crippen LogP contribution >= 0.6 is 0 Å². The van der Waals surface area contributed by atoms with Crippen molar-refractivity contribution in [1.29, 1.82) is 0 Å². The quantitative estimate of drug-likeness (QED) is 0.585. The average molecular weight is 340 g/mol. The van der Waals surface area contributed by atoms with Gasteiger partial charge in [-0.15, -0.1) is 0 Å². The summed E-state index contributed by atoms with van der Waals surface area (Å²) in [6, 6.07) is 10.0. The number of halogens is 1. The van der Waals surface area contributed by atoms with Crippen LogP contribution in [0.25, 0.3) is 11.0 Å². The molecule has 3 aromatic rings. The molecule has 0 atom stereocenters. The number of ether oxygens (including phenoxy) is 1. The minimum atomic E-state index is -0.595. The zero-order valence-corrected chi connectivity index (χ0v) is 13.2. The van der Waals surface area contributed by atoms with E-state index in [-0.39, 0.29) is 16.6 Å². The zero-order valence-electron chi connectivity index (χ0n) is 13.2. The van der Waals surface area contributed by atoms with Gasteiger partial charge in [0.1, 0.15) is 23.4 Å². The van der Waals surface area contributed by atoms with Crippen LogP contribution in [0.5, 0.6) is 5.75 Å². The first-order valence-electron chi connectivity index (χ1n) is 7.27. The topological polar surface area (TPSA) is 80.9 Å². The Morgan fingerprint density at radius 2 is 2.12 bits per heavy atom. The highest BCUT2D eigenvalue weighted by atomic mass is 19.1. The summed E-state index contributed by atoms with van der Waals surface area (Å²) in [5, 5.41) is 4.05. The first-order chi connectivity index (χ1) is 12.1. The van der Waals surface area contributed by atoms with E-state index in [9.17, 15) is 14.0 Å². The molecule has 1 N–H and O–H groups in total.